The first-order chi connectivity index (χ1) is 10.4. The van der Waals surface area contributed by atoms with E-state index in [1.165, 1.54) is 6.42 Å². The Balaban J connectivity index is 1.60. The van der Waals surface area contributed by atoms with Crippen LogP contribution in [0.1, 0.15) is 44.4 Å². The highest BCUT2D eigenvalue weighted by Crippen LogP contribution is 2.38. The maximum Gasteiger partial charge on any atom is 0.230 e. The SMILES string of the molecule is CCCOC[C@@H]1CC[C@H](c2nc(-c3ccncc3)no2)C1. The smallest absolute Gasteiger partial charge is 0.230 e. The highest BCUT2D eigenvalue weighted by molar-refractivity contribution is 5.52. The summed E-state index contributed by atoms with van der Waals surface area (Å²) in [5.74, 6) is 2.42. The average molecular weight is 287 g/mol. The van der Waals surface area contributed by atoms with E-state index in [0.29, 0.717) is 17.7 Å². The zero-order valence-electron chi connectivity index (χ0n) is 12.4. The Morgan fingerprint density at radius 3 is 2.95 bits per heavy atom. The number of hydrogen-bond acceptors (Lipinski definition) is 5. The number of nitrogens with zero attached hydrogens (tertiary/aromatic N) is 3. The van der Waals surface area contributed by atoms with E-state index in [-0.39, 0.29) is 0 Å². The van der Waals surface area contributed by atoms with Crippen molar-refractivity contribution in [1.82, 2.24) is 15.1 Å². The van der Waals surface area contributed by atoms with Gasteiger partial charge in [0.15, 0.2) is 0 Å². The average Bonchev–Trinajstić information content (AvgIpc) is 3.17. The van der Waals surface area contributed by atoms with Crippen LogP contribution in [0.4, 0.5) is 0 Å². The van der Waals surface area contributed by atoms with Gasteiger partial charge in [0.05, 0.1) is 0 Å². The number of pyridine rings is 1. The lowest BCUT2D eigenvalue weighted by atomic mass is 10.1. The lowest BCUT2D eigenvalue weighted by Gasteiger charge is -2.09. The molecule has 2 aromatic rings. The van der Waals surface area contributed by atoms with Gasteiger partial charge in [-0.2, -0.15) is 4.98 Å². The molecule has 112 valence electrons. The van der Waals surface area contributed by atoms with Gasteiger partial charge in [-0.1, -0.05) is 12.1 Å². The molecule has 5 nitrogen and oxygen atoms in total. The molecule has 5 heteroatoms. The zero-order valence-corrected chi connectivity index (χ0v) is 12.4. The highest BCUT2D eigenvalue weighted by atomic mass is 16.5. The van der Waals surface area contributed by atoms with Crippen molar-refractivity contribution >= 4 is 0 Å². The third kappa shape index (κ3) is 3.47. The van der Waals surface area contributed by atoms with Crippen LogP contribution in [-0.2, 0) is 4.74 Å². The molecule has 2 aromatic heterocycles. The molecule has 2 atom stereocenters. The van der Waals surface area contributed by atoms with Gasteiger partial charge in [0.2, 0.25) is 11.7 Å². The summed E-state index contributed by atoms with van der Waals surface area (Å²) in [5, 5.41) is 4.09. The minimum absolute atomic E-state index is 0.378. The summed E-state index contributed by atoms with van der Waals surface area (Å²) in [5.41, 5.74) is 0.945. The van der Waals surface area contributed by atoms with Crippen LogP contribution in [0.2, 0.25) is 0 Å². The molecule has 2 heterocycles. The Morgan fingerprint density at radius 2 is 2.14 bits per heavy atom. The molecule has 0 bridgehead atoms. The first-order valence-corrected chi connectivity index (χ1v) is 7.68. The minimum Gasteiger partial charge on any atom is -0.381 e. The van der Waals surface area contributed by atoms with Crippen molar-refractivity contribution < 1.29 is 9.26 Å². The van der Waals surface area contributed by atoms with Crippen LogP contribution < -0.4 is 0 Å². The van der Waals surface area contributed by atoms with Crippen molar-refractivity contribution in [2.75, 3.05) is 13.2 Å². The largest absolute Gasteiger partial charge is 0.381 e. The quantitative estimate of drug-likeness (QED) is 0.762. The van der Waals surface area contributed by atoms with Crippen LogP contribution in [0.5, 0.6) is 0 Å². The highest BCUT2D eigenvalue weighted by Gasteiger charge is 2.30. The van der Waals surface area contributed by atoms with Crippen molar-refractivity contribution in [2.24, 2.45) is 5.92 Å². The molecule has 1 saturated carbocycles. The zero-order chi connectivity index (χ0) is 14.5. The first kappa shape index (κ1) is 14.2. The molecule has 0 amide bonds. The first-order valence-electron chi connectivity index (χ1n) is 7.68. The number of rotatable bonds is 6. The van der Waals surface area contributed by atoms with Crippen LogP contribution in [0, 0.1) is 5.92 Å². The Hall–Kier alpha value is -1.75. The molecular weight excluding hydrogens is 266 g/mol. The van der Waals surface area contributed by atoms with Crippen molar-refractivity contribution in [3.8, 4) is 11.4 Å². The van der Waals surface area contributed by atoms with Gasteiger partial charge in [-0.3, -0.25) is 4.98 Å². The molecule has 1 aliphatic rings. The summed E-state index contributed by atoms with van der Waals surface area (Å²) in [4.78, 5) is 8.55. The van der Waals surface area contributed by atoms with E-state index < -0.39 is 0 Å². The summed E-state index contributed by atoms with van der Waals surface area (Å²) in [6, 6.07) is 3.79. The second kappa shape index (κ2) is 6.80. The summed E-state index contributed by atoms with van der Waals surface area (Å²) in [6.45, 7) is 3.85. The monoisotopic (exact) mass is 287 g/mol. The molecule has 0 radical (unpaired) electrons. The van der Waals surface area contributed by atoms with E-state index in [9.17, 15) is 0 Å². The molecule has 1 fully saturated rings. The molecule has 0 N–H and O–H groups in total. The van der Waals surface area contributed by atoms with Crippen molar-refractivity contribution in [1.29, 1.82) is 0 Å². The van der Waals surface area contributed by atoms with E-state index in [1.807, 2.05) is 12.1 Å². The second-order valence-corrected chi connectivity index (χ2v) is 5.64. The Labute approximate surface area is 124 Å². The van der Waals surface area contributed by atoms with Gasteiger partial charge in [0, 0.05) is 37.1 Å². The second-order valence-electron chi connectivity index (χ2n) is 5.64. The molecule has 21 heavy (non-hydrogen) atoms. The Bertz CT molecular complexity index is 556. The van der Waals surface area contributed by atoms with Crippen molar-refractivity contribution in [3.05, 3.63) is 30.4 Å². The van der Waals surface area contributed by atoms with Gasteiger partial charge in [0.25, 0.3) is 0 Å². The summed E-state index contributed by atoms with van der Waals surface area (Å²) in [6.07, 6.45) is 7.93. The maximum atomic E-state index is 5.65. The van der Waals surface area contributed by atoms with Crippen molar-refractivity contribution in [2.45, 2.75) is 38.5 Å². The van der Waals surface area contributed by atoms with E-state index in [0.717, 1.165) is 43.9 Å². The van der Waals surface area contributed by atoms with Gasteiger partial charge in [-0.25, -0.2) is 0 Å². The molecule has 3 rings (SSSR count). The lowest BCUT2D eigenvalue weighted by molar-refractivity contribution is 0.101. The Morgan fingerprint density at radius 1 is 1.29 bits per heavy atom. The van der Waals surface area contributed by atoms with Crippen LogP contribution in [0.3, 0.4) is 0 Å². The van der Waals surface area contributed by atoms with E-state index in [1.54, 1.807) is 12.4 Å². The fourth-order valence-corrected chi connectivity index (χ4v) is 2.86. The topological polar surface area (TPSA) is 61.0 Å². The minimum atomic E-state index is 0.378. The molecular formula is C16H21N3O2. The maximum absolute atomic E-state index is 5.65. The van der Waals surface area contributed by atoms with Crippen LogP contribution >= 0.6 is 0 Å². The number of aromatic nitrogens is 3. The molecule has 0 aromatic carbocycles. The summed E-state index contributed by atoms with van der Waals surface area (Å²) >= 11 is 0. The van der Waals surface area contributed by atoms with Gasteiger partial charge in [-0.15, -0.1) is 0 Å². The number of hydrogen-bond donors (Lipinski definition) is 0. The van der Waals surface area contributed by atoms with Crippen LogP contribution in [-0.4, -0.2) is 28.3 Å². The fraction of sp³-hybridized carbons (Fsp3) is 0.562. The summed E-state index contributed by atoms with van der Waals surface area (Å²) in [7, 11) is 0. The van der Waals surface area contributed by atoms with Crippen LogP contribution in [0.15, 0.2) is 29.0 Å². The third-order valence-electron chi connectivity index (χ3n) is 3.97. The van der Waals surface area contributed by atoms with Crippen molar-refractivity contribution in [3.63, 3.8) is 0 Å². The van der Waals surface area contributed by atoms with Gasteiger partial charge in [-0.05, 0) is 43.7 Å². The van der Waals surface area contributed by atoms with E-state index >= 15 is 0 Å². The normalized spacial score (nSPS) is 21.8. The predicted molar refractivity (Wildman–Crippen MR) is 78.7 cm³/mol. The summed E-state index contributed by atoms with van der Waals surface area (Å²) < 4.78 is 11.1. The van der Waals surface area contributed by atoms with E-state index in [4.69, 9.17) is 9.26 Å². The van der Waals surface area contributed by atoms with Gasteiger partial charge >= 0.3 is 0 Å². The van der Waals surface area contributed by atoms with Gasteiger partial charge < -0.3 is 9.26 Å². The molecule has 1 aliphatic carbocycles. The fourth-order valence-electron chi connectivity index (χ4n) is 2.86. The molecule has 0 aliphatic heterocycles. The Kier molecular flexibility index (Phi) is 4.60. The molecule has 0 saturated heterocycles. The van der Waals surface area contributed by atoms with E-state index in [2.05, 4.69) is 22.0 Å². The van der Waals surface area contributed by atoms with Crippen LogP contribution in [0.25, 0.3) is 11.4 Å². The van der Waals surface area contributed by atoms with Gasteiger partial charge in [0.1, 0.15) is 0 Å². The lowest BCUT2D eigenvalue weighted by Crippen LogP contribution is -2.06. The standard InChI is InChI=1S/C16H21N3O2/c1-2-9-20-11-12-3-4-14(10-12)16-18-15(19-21-16)13-5-7-17-8-6-13/h5-8,12,14H,2-4,9-11H2,1H3/t12-,14+/m1/s1. The molecule has 0 unspecified atom stereocenters. The third-order valence-corrected chi connectivity index (χ3v) is 3.97. The number of ether oxygens (including phenoxy) is 1. The molecule has 0 spiro atoms. The predicted octanol–water partition coefficient (Wildman–Crippen LogP) is 3.44.